The maximum atomic E-state index is 6.26. The van der Waals surface area contributed by atoms with Crippen LogP contribution >= 0.6 is 23.2 Å². The van der Waals surface area contributed by atoms with Crippen molar-refractivity contribution in [2.45, 2.75) is 6.54 Å². The molecule has 1 saturated heterocycles. The average molecular weight is 322 g/mol. The van der Waals surface area contributed by atoms with E-state index in [1.54, 1.807) is 12.3 Å². The summed E-state index contributed by atoms with van der Waals surface area (Å²) in [5.74, 6) is 0. The van der Waals surface area contributed by atoms with Gasteiger partial charge in [-0.05, 0) is 24.3 Å². The number of nitrogens with zero attached hydrogens (tertiary/aromatic N) is 3. The van der Waals surface area contributed by atoms with Crippen molar-refractivity contribution in [1.29, 1.82) is 0 Å². The van der Waals surface area contributed by atoms with Gasteiger partial charge in [0.1, 0.15) is 0 Å². The first-order chi connectivity index (χ1) is 10.2. The first-order valence-corrected chi connectivity index (χ1v) is 7.80. The molecule has 3 nitrogen and oxygen atoms in total. The lowest BCUT2D eigenvalue weighted by Crippen LogP contribution is -2.46. The standard InChI is InChI=1S/C16H17Cl2N3/c17-13-5-6-19-14(11-13)12-20-7-9-21(10-8-20)16-4-2-1-3-15(16)18/h1-6,11H,7-10,12H2. The van der Waals surface area contributed by atoms with Gasteiger partial charge in [-0.15, -0.1) is 0 Å². The molecule has 0 spiro atoms. The van der Waals surface area contributed by atoms with Gasteiger partial charge in [0, 0.05) is 43.9 Å². The highest BCUT2D eigenvalue weighted by molar-refractivity contribution is 6.33. The zero-order chi connectivity index (χ0) is 14.7. The molecule has 110 valence electrons. The van der Waals surface area contributed by atoms with E-state index in [9.17, 15) is 0 Å². The second kappa shape index (κ2) is 6.65. The molecular formula is C16H17Cl2N3. The van der Waals surface area contributed by atoms with Gasteiger partial charge < -0.3 is 4.90 Å². The minimum atomic E-state index is 0.745. The molecule has 0 N–H and O–H groups in total. The Morgan fingerprint density at radius 2 is 1.76 bits per heavy atom. The molecule has 0 atom stereocenters. The summed E-state index contributed by atoms with van der Waals surface area (Å²) in [6, 6.07) is 11.8. The molecule has 1 aromatic heterocycles. The molecular weight excluding hydrogens is 305 g/mol. The lowest BCUT2D eigenvalue weighted by atomic mass is 10.2. The van der Waals surface area contributed by atoms with Crippen LogP contribution in [0.1, 0.15) is 5.69 Å². The van der Waals surface area contributed by atoms with Crippen molar-refractivity contribution < 1.29 is 0 Å². The average Bonchev–Trinajstić information content (AvgIpc) is 2.49. The van der Waals surface area contributed by atoms with Crippen LogP contribution in [0.15, 0.2) is 42.6 Å². The summed E-state index contributed by atoms with van der Waals surface area (Å²) >= 11 is 12.3. The third kappa shape index (κ3) is 3.67. The SMILES string of the molecule is Clc1ccnc(CN2CCN(c3ccccc3Cl)CC2)c1. The van der Waals surface area contributed by atoms with Crippen molar-refractivity contribution in [1.82, 2.24) is 9.88 Å². The predicted octanol–water partition coefficient (Wildman–Crippen LogP) is 3.71. The van der Waals surface area contributed by atoms with Crippen LogP contribution in [0.3, 0.4) is 0 Å². The Bertz CT molecular complexity index is 610. The van der Waals surface area contributed by atoms with E-state index in [1.165, 1.54) is 0 Å². The molecule has 0 bridgehead atoms. The quantitative estimate of drug-likeness (QED) is 0.859. The van der Waals surface area contributed by atoms with Gasteiger partial charge in [0.15, 0.2) is 0 Å². The molecule has 1 aliphatic rings. The molecule has 3 rings (SSSR count). The number of benzene rings is 1. The second-order valence-corrected chi connectivity index (χ2v) is 6.02. The monoisotopic (exact) mass is 321 g/mol. The smallest absolute Gasteiger partial charge is 0.0639 e. The largest absolute Gasteiger partial charge is 0.368 e. The van der Waals surface area contributed by atoms with Crippen LogP contribution < -0.4 is 4.90 Å². The van der Waals surface area contributed by atoms with Crippen LogP contribution in [0.4, 0.5) is 5.69 Å². The molecule has 2 aromatic rings. The number of rotatable bonds is 3. The zero-order valence-electron chi connectivity index (χ0n) is 11.7. The van der Waals surface area contributed by atoms with Gasteiger partial charge in [0.2, 0.25) is 0 Å². The third-order valence-electron chi connectivity index (χ3n) is 3.73. The Balaban J connectivity index is 1.59. The van der Waals surface area contributed by atoms with Crippen LogP contribution in [0, 0.1) is 0 Å². The Labute approximate surface area is 135 Å². The van der Waals surface area contributed by atoms with Crippen LogP contribution in [0.2, 0.25) is 10.0 Å². The van der Waals surface area contributed by atoms with Gasteiger partial charge >= 0.3 is 0 Å². The van der Waals surface area contributed by atoms with E-state index in [0.717, 1.165) is 54.2 Å². The van der Waals surface area contributed by atoms with Crippen molar-refractivity contribution in [2.75, 3.05) is 31.1 Å². The maximum Gasteiger partial charge on any atom is 0.0639 e. The van der Waals surface area contributed by atoms with E-state index >= 15 is 0 Å². The van der Waals surface area contributed by atoms with Crippen molar-refractivity contribution in [3.63, 3.8) is 0 Å². The number of para-hydroxylation sites is 1. The molecule has 0 amide bonds. The summed E-state index contributed by atoms with van der Waals surface area (Å²) in [4.78, 5) is 9.10. The van der Waals surface area contributed by atoms with E-state index in [0.29, 0.717) is 0 Å². The highest BCUT2D eigenvalue weighted by Crippen LogP contribution is 2.26. The van der Waals surface area contributed by atoms with Crippen molar-refractivity contribution in [2.24, 2.45) is 0 Å². The molecule has 0 unspecified atom stereocenters. The second-order valence-electron chi connectivity index (χ2n) is 5.18. The number of hydrogen-bond acceptors (Lipinski definition) is 3. The van der Waals surface area contributed by atoms with Gasteiger partial charge in [-0.1, -0.05) is 35.3 Å². The summed E-state index contributed by atoms with van der Waals surface area (Å²) in [6.07, 6.45) is 1.76. The minimum absolute atomic E-state index is 0.745. The van der Waals surface area contributed by atoms with Gasteiger partial charge in [-0.25, -0.2) is 0 Å². The number of piperazine rings is 1. The Kier molecular flexibility index (Phi) is 4.63. The number of pyridine rings is 1. The third-order valence-corrected chi connectivity index (χ3v) is 4.28. The predicted molar refractivity (Wildman–Crippen MR) is 88.2 cm³/mol. The normalized spacial score (nSPS) is 16.2. The van der Waals surface area contributed by atoms with Crippen molar-refractivity contribution in [3.8, 4) is 0 Å². The maximum absolute atomic E-state index is 6.26. The number of halogens is 2. The first-order valence-electron chi connectivity index (χ1n) is 7.04. The summed E-state index contributed by atoms with van der Waals surface area (Å²) in [5.41, 5.74) is 2.15. The highest BCUT2D eigenvalue weighted by atomic mass is 35.5. The van der Waals surface area contributed by atoms with Crippen LogP contribution in [0.25, 0.3) is 0 Å². The van der Waals surface area contributed by atoms with E-state index in [2.05, 4.69) is 20.9 Å². The van der Waals surface area contributed by atoms with E-state index in [-0.39, 0.29) is 0 Å². The number of anilines is 1. The molecule has 0 aliphatic carbocycles. The van der Waals surface area contributed by atoms with Gasteiger partial charge in [-0.2, -0.15) is 0 Å². The van der Waals surface area contributed by atoms with Crippen LogP contribution in [-0.4, -0.2) is 36.1 Å². The topological polar surface area (TPSA) is 19.4 Å². The molecule has 0 radical (unpaired) electrons. The van der Waals surface area contributed by atoms with E-state index in [4.69, 9.17) is 23.2 Å². The summed E-state index contributed by atoms with van der Waals surface area (Å²) < 4.78 is 0. The lowest BCUT2D eigenvalue weighted by molar-refractivity contribution is 0.247. The zero-order valence-corrected chi connectivity index (χ0v) is 13.2. The van der Waals surface area contributed by atoms with Crippen molar-refractivity contribution in [3.05, 3.63) is 58.3 Å². The molecule has 2 heterocycles. The highest BCUT2D eigenvalue weighted by Gasteiger charge is 2.19. The van der Waals surface area contributed by atoms with Gasteiger partial charge in [0.25, 0.3) is 0 Å². The van der Waals surface area contributed by atoms with Crippen molar-refractivity contribution >= 4 is 28.9 Å². The lowest BCUT2D eigenvalue weighted by Gasteiger charge is -2.36. The number of hydrogen-bond donors (Lipinski definition) is 0. The Morgan fingerprint density at radius 1 is 1.00 bits per heavy atom. The first kappa shape index (κ1) is 14.6. The molecule has 5 heteroatoms. The number of aromatic nitrogens is 1. The molecule has 0 saturated carbocycles. The fraction of sp³-hybridized carbons (Fsp3) is 0.312. The summed E-state index contributed by atoms with van der Waals surface area (Å²) in [5, 5.41) is 1.57. The van der Waals surface area contributed by atoms with Gasteiger partial charge in [-0.3, -0.25) is 9.88 Å². The van der Waals surface area contributed by atoms with E-state index < -0.39 is 0 Å². The molecule has 1 aromatic carbocycles. The Morgan fingerprint density at radius 3 is 2.48 bits per heavy atom. The summed E-state index contributed by atoms with van der Waals surface area (Å²) in [7, 11) is 0. The van der Waals surface area contributed by atoms with E-state index in [1.807, 2.05) is 24.3 Å². The fourth-order valence-corrected chi connectivity index (χ4v) is 3.06. The van der Waals surface area contributed by atoms with Gasteiger partial charge in [0.05, 0.1) is 16.4 Å². The van der Waals surface area contributed by atoms with Crippen LogP contribution in [-0.2, 0) is 6.54 Å². The molecule has 1 fully saturated rings. The van der Waals surface area contributed by atoms with Crippen LogP contribution in [0.5, 0.6) is 0 Å². The molecule has 1 aliphatic heterocycles. The minimum Gasteiger partial charge on any atom is -0.368 e. The Hall–Kier alpha value is -1.29. The summed E-state index contributed by atoms with van der Waals surface area (Å²) in [6.45, 7) is 4.80. The fourth-order valence-electron chi connectivity index (χ4n) is 2.62. The molecule has 21 heavy (non-hydrogen) atoms.